The molecule has 2 N–H and O–H groups in total. The number of nitrogens with one attached hydrogen (secondary N) is 1. The number of aliphatic hydroxyl groups excluding tert-OH is 1. The van der Waals surface area contributed by atoms with Crippen molar-refractivity contribution in [1.82, 2.24) is 10.2 Å². The minimum absolute atomic E-state index is 0.0321. The van der Waals surface area contributed by atoms with Crippen LogP contribution in [0.2, 0.25) is 0 Å². The summed E-state index contributed by atoms with van der Waals surface area (Å²) in [4.78, 5) is 42.3. The van der Waals surface area contributed by atoms with Crippen LogP contribution in [0.5, 0.6) is 0 Å². The molecule has 3 rings (SSSR count). The van der Waals surface area contributed by atoms with Crippen LogP contribution in [0.3, 0.4) is 0 Å². The molecule has 2 bridgehead atoms. The summed E-state index contributed by atoms with van der Waals surface area (Å²) in [6, 6.07) is -1.47. The van der Waals surface area contributed by atoms with Crippen molar-refractivity contribution in [1.29, 1.82) is 0 Å². The number of rotatable bonds is 7. The normalized spacial score (nSPS) is 37.9. The van der Waals surface area contributed by atoms with E-state index in [1.165, 1.54) is 4.90 Å². The monoisotopic (exact) mass is 452 g/mol. The van der Waals surface area contributed by atoms with Crippen molar-refractivity contribution in [3.8, 4) is 0 Å². The van der Waals surface area contributed by atoms with Crippen LogP contribution in [0.25, 0.3) is 0 Å². The molecule has 0 aromatic heterocycles. The van der Waals surface area contributed by atoms with Gasteiger partial charge in [0.15, 0.2) is 0 Å². The molecule has 8 nitrogen and oxygen atoms in total. The predicted octanol–water partition coefficient (Wildman–Crippen LogP) is 1.88. The quantitative estimate of drug-likeness (QED) is 0.572. The average Bonchev–Trinajstić information content (AvgIpc) is 3.18. The van der Waals surface area contributed by atoms with Gasteiger partial charge < -0.3 is 24.8 Å². The van der Waals surface area contributed by atoms with E-state index >= 15 is 0 Å². The smallest absolute Gasteiger partial charge is 0.312 e. The average molecular weight is 453 g/mol. The van der Waals surface area contributed by atoms with Crippen LogP contribution in [0, 0.1) is 23.7 Å². The zero-order chi connectivity index (χ0) is 24.2. The van der Waals surface area contributed by atoms with E-state index in [0.29, 0.717) is 6.42 Å². The number of fused-ring (bicyclic) bond motifs is 1. The molecule has 8 atom stereocenters. The minimum Gasteiger partial charge on any atom is -0.466 e. The third kappa shape index (κ3) is 3.54. The fraction of sp³-hybridized carbons (Fsp3) is 0.875. The zero-order valence-electron chi connectivity index (χ0n) is 20.7. The largest absolute Gasteiger partial charge is 0.466 e. The number of carbonyl (C=O) groups excluding carboxylic acids is 3. The number of carbonyl (C=O) groups is 3. The Morgan fingerprint density at radius 1 is 1.34 bits per heavy atom. The summed E-state index contributed by atoms with van der Waals surface area (Å²) in [5, 5.41) is 13.3. The first-order valence-corrected chi connectivity index (χ1v) is 11.9. The van der Waals surface area contributed by atoms with Gasteiger partial charge in [0.1, 0.15) is 17.6 Å². The fourth-order valence-corrected chi connectivity index (χ4v) is 6.18. The van der Waals surface area contributed by atoms with Crippen LogP contribution in [-0.4, -0.2) is 69.8 Å². The van der Waals surface area contributed by atoms with Crippen LogP contribution in [0.15, 0.2) is 0 Å². The molecule has 182 valence electrons. The number of likely N-dealkylation sites (tertiary alicyclic amines) is 1. The molecule has 0 saturated carbocycles. The van der Waals surface area contributed by atoms with Crippen molar-refractivity contribution in [2.45, 2.75) is 97.1 Å². The summed E-state index contributed by atoms with van der Waals surface area (Å²) in [5.41, 5.74) is -2.53. The van der Waals surface area contributed by atoms with E-state index in [2.05, 4.69) is 5.32 Å². The van der Waals surface area contributed by atoms with Crippen LogP contribution >= 0.6 is 0 Å². The number of hydrogen-bond acceptors (Lipinski definition) is 6. The van der Waals surface area contributed by atoms with E-state index in [-0.39, 0.29) is 36.9 Å². The number of amides is 2. The molecule has 3 heterocycles. The maximum Gasteiger partial charge on any atom is 0.312 e. The third-order valence-corrected chi connectivity index (χ3v) is 7.88. The van der Waals surface area contributed by atoms with E-state index in [1.807, 2.05) is 48.5 Å². The van der Waals surface area contributed by atoms with Gasteiger partial charge in [-0.25, -0.2) is 0 Å². The van der Waals surface area contributed by atoms with Gasteiger partial charge in [-0.3, -0.25) is 14.4 Å². The molecule has 3 fully saturated rings. The topological polar surface area (TPSA) is 105 Å². The number of ether oxygens (including phenoxy) is 2. The fourth-order valence-electron chi connectivity index (χ4n) is 6.18. The summed E-state index contributed by atoms with van der Waals surface area (Å²) in [7, 11) is 0. The first kappa shape index (κ1) is 25.0. The number of aliphatic hydroxyl groups is 1. The maximum absolute atomic E-state index is 14.0. The molecule has 3 aliphatic rings. The van der Waals surface area contributed by atoms with Crippen LogP contribution in [-0.2, 0) is 23.9 Å². The number of nitrogens with zero attached hydrogens (tertiary/aromatic N) is 1. The van der Waals surface area contributed by atoms with E-state index in [1.54, 1.807) is 6.92 Å². The van der Waals surface area contributed by atoms with E-state index in [9.17, 15) is 19.5 Å². The van der Waals surface area contributed by atoms with Crippen molar-refractivity contribution >= 4 is 17.8 Å². The van der Waals surface area contributed by atoms with Gasteiger partial charge in [0.2, 0.25) is 11.8 Å². The third-order valence-electron chi connectivity index (χ3n) is 7.88. The van der Waals surface area contributed by atoms with Gasteiger partial charge >= 0.3 is 5.97 Å². The zero-order valence-corrected chi connectivity index (χ0v) is 20.7. The van der Waals surface area contributed by atoms with Gasteiger partial charge in [-0.2, -0.15) is 0 Å². The van der Waals surface area contributed by atoms with Crippen LogP contribution in [0.4, 0.5) is 0 Å². The Morgan fingerprint density at radius 3 is 2.47 bits per heavy atom. The van der Waals surface area contributed by atoms with Crippen LogP contribution < -0.4 is 5.32 Å². The van der Waals surface area contributed by atoms with E-state index in [4.69, 9.17) is 9.47 Å². The first-order valence-electron chi connectivity index (χ1n) is 11.9. The molecule has 32 heavy (non-hydrogen) atoms. The second-order valence-corrected chi connectivity index (χ2v) is 11.1. The van der Waals surface area contributed by atoms with Crippen LogP contribution in [0.1, 0.15) is 68.2 Å². The lowest BCUT2D eigenvalue weighted by atomic mass is 9.62. The van der Waals surface area contributed by atoms with Gasteiger partial charge in [0, 0.05) is 5.54 Å². The summed E-state index contributed by atoms with van der Waals surface area (Å²) in [5.74, 6) is -2.73. The van der Waals surface area contributed by atoms with Crippen molar-refractivity contribution in [3.05, 3.63) is 0 Å². The lowest BCUT2D eigenvalue weighted by molar-refractivity contribution is -0.162. The van der Waals surface area contributed by atoms with Gasteiger partial charge in [-0.1, -0.05) is 27.2 Å². The molecule has 2 amide bonds. The van der Waals surface area contributed by atoms with Crippen molar-refractivity contribution < 1.29 is 29.0 Å². The molecule has 0 aromatic rings. The standard InChI is InChI=1S/C24H40N2O6/c1-9-13(3)15(12-27)26-18(19(28)25-22(5,6)7)24-11-14(4)23(8,32-24)17(16(24)20(26)29)21(30)31-10-2/h13-18,27H,9-12H2,1-8H3,(H,25,28)/t13-,14?,15-,16-,17+,18?,23-,24?/m0/s1. The van der Waals surface area contributed by atoms with Crippen molar-refractivity contribution in [2.24, 2.45) is 23.7 Å². The molecule has 3 aliphatic heterocycles. The Bertz CT molecular complexity index is 779. The molecular formula is C24H40N2O6. The second-order valence-electron chi connectivity index (χ2n) is 11.1. The molecule has 8 heteroatoms. The predicted molar refractivity (Wildman–Crippen MR) is 118 cm³/mol. The minimum atomic E-state index is -1.13. The Kier molecular flexibility index (Phi) is 6.46. The Balaban J connectivity index is 2.16. The summed E-state index contributed by atoms with van der Waals surface area (Å²) in [6.45, 7) is 15.2. The molecule has 0 radical (unpaired) electrons. The lowest BCUT2D eigenvalue weighted by Crippen LogP contribution is -2.61. The van der Waals surface area contributed by atoms with Gasteiger partial charge in [-0.05, 0) is 52.9 Å². The van der Waals surface area contributed by atoms with Crippen molar-refractivity contribution in [2.75, 3.05) is 13.2 Å². The second kappa shape index (κ2) is 8.28. The van der Waals surface area contributed by atoms with Crippen molar-refractivity contribution in [3.63, 3.8) is 0 Å². The van der Waals surface area contributed by atoms with E-state index < -0.39 is 46.6 Å². The molecule has 3 unspecified atom stereocenters. The molecular weight excluding hydrogens is 412 g/mol. The first-order chi connectivity index (χ1) is 14.8. The number of esters is 1. The molecule has 3 saturated heterocycles. The van der Waals surface area contributed by atoms with Gasteiger partial charge in [0.25, 0.3) is 0 Å². The Hall–Kier alpha value is -1.67. The highest BCUT2D eigenvalue weighted by atomic mass is 16.6. The molecule has 1 spiro atoms. The highest BCUT2D eigenvalue weighted by molar-refractivity contribution is 5.99. The Morgan fingerprint density at radius 2 is 1.97 bits per heavy atom. The summed E-state index contributed by atoms with van der Waals surface area (Å²) < 4.78 is 12.0. The van der Waals surface area contributed by atoms with E-state index in [0.717, 1.165) is 6.42 Å². The SMILES string of the molecule is CCOC(=O)[C@H]1[C@H]2C(=O)N([C@@H](CO)[C@@H](C)CC)C(C(=O)NC(C)(C)C)C23CC(C)[C@]1(C)O3. The lowest BCUT2D eigenvalue weighted by Gasteiger charge is -2.40. The molecule has 0 aromatic carbocycles. The summed E-state index contributed by atoms with van der Waals surface area (Å²) >= 11 is 0. The van der Waals surface area contributed by atoms with Gasteiger partial charge in [0.05, 0.1) is 30.8 Å². The number of hydrogen-bond donors (Lipinski definition) is 2. The maximum atomic E-state index is 14.0. The summed E-state index contributed by atoms with van der Waals surface area (Å²) in [6.07, 6.45) is 1.23. The Labute approximate surface area is 191 Å². The van der Waals surface area contributed by atoms with Gasteiger partial charge in [-0.15, -0.1) is 0 Å². The highest BCUT2D eigenvalue weighted by Crippen LogP contribution is 2.65. The highest BCUT2D eigenvalue weighted by Gasteiger charge is 2.80. The molecule has 0 aliphatic carbocycles.